The number of amides is 2. The first-order valence-electron chi connectivity index (χ1n) is 12.7. The van der Waals surface area contributed by atoms with Crippen molar-refractivity contribution in [3.63, 3.8) is 0 Å². The summed E-state index contributed by atoms with van der Waals surface area (Å²) in [5.41, 5.74) is 3.93. The Hall–Kier alpha value is -3.72. The number of nitrogens with zero attached hydrogens (tertiary/aromatic N) is 3. The van der Waals surface area contributed by atoms with Gasteiger partial charge in [0.25, 0.3) is 11.8 Å². The van der Waals surface area contributed by atoms with Crippen LogP contribution in [0, 0.1) is 12.8 Å². The number of benzene rings is 1. The van der Waals surface area contributed by atoms with Gasteiger partial charge in [-0.05, 0) is 74.2 Å². The molecular weight excluding hydrogens is 490 g/mol. The standard InChI is InChI=1S/C29H30F2N4O3/c1-16(2)35-26-23(21-8-10-38-15-24(21)28(35)37)11-19(14-33-26)22-13-20(6-5-17(22)3)34-27(36)18-7-9-32-25(12-18)29(4,30)31/h5-7,9,11-14,16,21,24H,8,10,15H2,1-4H3,(H,34,36)/t21-,24+/m0/s1. The van der Waals surface area contributed by atoms with Crippen molar-refractivity contribution in [3.8, 4) is 11.1 Å². The van der Waals surface area contributed by atoms with E-state index in [0.29, 0.717) is 24.7 Å². The molecule has 0 bridgehead atoms. The molecule has 2 atom stereocenters. The second kappa shape index (κ2) is 9.87. The highest BCUT2D eigenvalue weighted by atomic mass is 19.3. The van der Waals surface area contributed by atoms with E-state index in [-0.39, 0.29) is 29.3 Å². The van der Waals surface area contributed by atoms with Gasteiger partial charge in [0.1, 0.15) is 11.5 Å². The number of hydrogen-bond donors (Lipinski definition) is 1. The van der Waals surface area contributed by atoms with Gasteiger partial charge in [-0.3, -0.25) is 19.5 Å². The molecule has 0 radical (unpaired) electrons. The van der Waals surface area contributed by atoms with Crippen LogP contribution >= 0.6 is 0 Å². The van der Waals surface area contributed by atoms with Gasteiger partial charge in [-0.15, -0.1) is 0 Å². The van der Waals surface area contributed by atoms with Crippen LogP contribution in [0.25, 0.3) is 11.1 Å². The molecule has 9 heteroatoms. The number of anilines is 2. The predicted molar refractivity (Wildman–Crippen MR) is 140 cm³/mol. The normalized spacial score (nSPS) is 19.2. The number of rotatable bonds is 5. The quantitative estimate of drug-likeness (QED) is 0.467. The Balaban J connectivity index is 1.48. The van der Waals surface area contributed by atoms with Crippen molar-refractivity contribution in [2.75, 3.05) is 23.4 Å². The van der Waals surface area contributed by atoms with Crippen LogP contribution in [-0.4, -0.2) is 41.0 Å². The third-order valence-corrected chi connectivity index (χ3v) is 7.23. The summed E-state index contributed by atoms with van der Waals surface area (Å²) in [5, 5.41) is 2.81. The van der Waals surface area contributed by atoms with E-state index in [1.54, 1.807) is 17.2 Å². The third kappa shape index (κ3) is 4.78. The lowest BCUT2D eigenvalue weighted by Gasteiger charge is -2.42. The Morgan fingerprint density at radius 2 is 1.95 bits per heavy atom. The summed E-state index contributed by atoms with van der Waals surface area (Å²) in [6, 6.07) is 10.1. The maximum atomic E-state index is 13.7. The second-order valence-corrected chi connectivity index (χ2v) is 10.3. The number of fused-ring (bicyclic) bond motifs is 3. The molecule has 0 spiro atoms. The fourth-order valence-corrected chi connectivity index (χ4v) is 5.26. The molecule has 2 amide bonds. The van der Waals surface area contributed by atoms with Gasteiger partial charge in [0.2, 0.25) is 5.91 Å². The number of aryl methyl sites for hydroxylation is 1. The van der Waals surface area contributed by atoms with Crippen molar-refractivity contribution in [1.29, 1.82) is 0 Å². The number of alkyl halides is 2. The predicted octanol–water partition coefficient (Wildman–Crippen LogP) is 5.69. The largest absolute Gasteiger partial charge is 0.381 e. The van der Waals surface area contributed by atoms with Crippen molar-refractivity contribution in [2.24, 2.45) is 5.92 Å². The molecule has 5 rings (SSSR count). The van der Waals surface area contributed by atoms with Crippen LogP contribution in [-0.2, 0) is 15.5 Å². The minimum Gasteiger partial charge on any atom is -0.381 e. The van der Waals surface area contributed by atoms with Gasteiger partial charge in [0.05, 0.1) is 12.5 Å². The number of aromatic nitrogens is 2. The monoisotopic (exact) mass is 520 g/mol. The van der Waals surface area contributed by atoms with Crippen LogP contribution in [0.2, 0.25) is 0 Å². The molecule has 1 aromatic carbocycles. The zero-order valence-electron chi connectivity index (χ0n) is 21.8. The van der Waals surface area contributed by atoms with Crippen molar-refractivity contribution in [1.82, 2.24) is 9.97 Å². The van der Waals surface area contributed by atoms with Gasteiger partial charge in [0.15, 0.2) is 0 Å². The molecule has 1 N–H and O–H groups in total. The van der Waals surface area contributed by atoms with E-state index in [9.17, 15) is 18.4 Å². The fraction of sp³-hybridized carbons (Fsp3) is 0.379. The molecule has 7 nitrogen and oxygen atoms in total. The molecule has 3 aromatic rings. The van der Waals surface area contributed by atoms with Crippen LogP contribution in [0.15, 0.2) is 48.8 Å². The first-order chi connectivity index (χ1) is 18.0. The van der Waals surface area contributed by atoms with Gasteiger partial charge in [-0.1, -0.05) is 6.07 Å². The van der Waals surface area contributed by atoms with E-state index in [1.807, 2.05) is 32.9 Å². The van der Waals surface area contributed by atoms with Gasteiger partial charge < -0.3 is 10.1 Å². The molecule has 0 aliphatic carbocycles. The van der Waals surface area contributed by atoms with Crippen molar-refractivity contribution >= 4 is 23.3 Å². The van der Waals surface area contributed by atoms with Crippen LogP contribution < -0.4 is 10.2 Å². The van der Waals surface area contributed by atoms with E-state index < -0.39 is 17.5 Å². The van der Waals surface area contributed by atoms with Gasteiger partial charge >= 0.3 is 0 Å². The van der Waals surface area contributed by atoms with Crippen molar-refractivity contribution in [2.45, 2.75) is 52.0 Å². The Bertz CT molecular complexity index is 1400. The van der Waals surface area contributed by atoms with E-state index >= 15 is 0 Å². The SMILES string of the molecule is Cc1ccc(NC(=O)c2ccnc(C(C)(F)F)c2)cc1-c1cnc2c(c1)[C@@H]1CCOC[C@H]1C(=O)N2C(C)C. The maximum absolute atomic E-state index is 13.7. The number of halogens is 2. The molecule has 0 unspecified atom stereocenters. The summed E-state index contributed by atoms with van der Waals surface area (Å²) >= 11 is 0. The molecule has 1 fully saturated rings. The third-order valence-electron chi connectivity index (χ3n) is 7.23. The molecule has 198 valence electrons. The lowest BCUT2D eigenvalue weighted by Crippen LogP contribution is -2.50. The highest BCUT2D eigenvalue weighted by molar-refractivity contribution is 6.04. The number of hydrogen-bond acceptors (Lipinski definition) is 5. The zero-order chi connectivity index (χ0) is 27.2. The molecule has 2 aliphatic rings. The van der Waals surface area contributed by atoms with Gasteiger partial charge in [-0.25, -0.2) is 4.98 Å². The molecule has 2 aromatic heterocycles. The molecular formula is C29H30F2N4O3. The first kappa shape index (κ1) is 25.9. The van der Waals surface area contributed by atoms with Gasteiger partial charge in [-0.2, -0.15) is 8.78 Å². The minimum atomic E-state index is -3.15. The van der Waals surface area contributed by atoms with Crippen LogP contribution in [0.4, 0.5) is 20.3 Å². The van der Waals surface area contributed by atoms with Crippen LogP contribution in [0.3, 0.4) is 0 Å². The lowest BCUT2D eigenvalue weighted by atomic mass is 9.78. The van der Waals surface area contributed by atoms with Crippen molar-refractivity contribution < 1.29 is 23.1 Å². The minimum absolute atomic E-state index is 0.0365. The topological polar surface area (TPSA) is 84.4 Å². The number of carbonyl (C=O) groups excluding carboxylic acids is 2. The van der Waals surface area contributed by atoms with E-state index in [2.05, 4.69) is 16.4 Å². The first-order valence-corrected chi connectivity index (χ1v) is 12.7. The Labute approximate surface area is 220 Å². The summed E-state index contributed by atoms with van der Waals surface area (Å²) in [6.45, 7) is 7.67. The maximum Gasteiger partial charge on any atom is 0.286 e. The molecule has 0 saturated carbocycles. The fourth-order valence-electron chi connectivity index (χ4n) is 5.26. The van der Waals surface area contributed by atoms with Crippen LogP contribution in [0.5, 0.6) is 0 Å². The van der Waals surface area contributed by atoms with Crippen LogP contribution in [0.1, 0.15) is 60.3 Å². The smallest absolute Gasteiger partial charge is 0.286 e. The summed E-state index contributed by atoms with van der Waals surface area (Å²) in [6.07, 6.45) is 3.71. The molecule has 38 heavy (non-hydrogen) atoms. The summed E-state index contributed by atoms with van der Waals surface area (Å²) in [7, 11) is 0. The number of pyridine rings is 2. The molecule has 2 aliphatic heterocycles. The lowest BCUT2D eigenvalue weighted by molar-refractivity contribution is -0.128. The second-order valence-electron chi connectivity index (χ2n) is 10.3. The Kier molecular flexibility index (Phi) is 6.73. The molecule has 1 saturated heterocycles. The summed E-state index contributed by atoms with van der Waals surface area (Å²) in [5.74, 6) is -3.10. The Morgan fingerprint density at radius 1 is 1.16 bits per heavy atom. The van der Waals surface area contributed by atoms with Gasteiger partial charge in [0, 0.05) is 54.7 Å². The summed E-state index contributed by atoms with van der Waals surface area (Å²) < 4.78 is 33.0. The highest BCUT2D eigenvalue weighted by Gasteiger charge is 2.43. The van der Waals surface area contributed by atoms with Crippen molar-refractivity contribution in [3.05, 3.63) is 71.2 Å². The zero-order valence-corrected chi connectivity index (χ0v) is 21.8. The van der Waals surface area contributed by atoms with E-state index in [1.165, 1.54) is 12.3 Å². The number of nitrogens with one attached hydrogen (secondary N) is 1. The number of ether oxygens (including phenoxy) is 1. The average molecular weight is 521 g/mol. The summed E-state index contributed by atoms with van der Waals surface area (Å²) in [4.78, 5) is 36.3. The molecule has 4 heterocycles. The average Bonchev–Trinajstić information content (AvgIpc) is 2.89. The number of carbonyl (C=O) groups is 2. The van der Waals surface area contributed by atoms with E-state index in [4.69, 9.17) is 9.72 Å². The van der Waals surface area contributed by atoms with E-state index in [0.717, 1.165) is 41.7 Å². The highest BCUT2D eigenvalue weighted by Crippen LogP contribution is 2.44. The Morgan fingerprint density at radius 3 is 2.68 bits per heavy atom.